The quantitative estimate of drug-likeness (QED) is 0.572. The van der Waals surface area contributed by atoms with Gasteiger partial charge in [0.2, 0.25) is 6.29 Å². The molecule has 0 amide bonds. The van der Waals surface area contributed by atoms with Crippen LogP contribution in [0.5, 0.6) is 5.75 Å². The smallest absolute Gasteiger partial charge is 0.229 e. The van der Waals surface area contributed by atoms with E-state index in [0.717, 1.165) is 5.56 Å². The fourth-order valence-corrected chi connectivity index (χ4v) is 2.56. The van der Waals surface area contributed by atoms with E-state index in [1.165, 1.54) is 12.5 Å². The number of oxazole rings is 1. The molecular weight excluding hydrogens is 318 g/mol. The van der Waals surface area contributed by atoms with Crippen LogP contribution in [-0.4, -0.2) is 62.7 Å². The topological polar surface area (TPSA) is 125 Å². The molecule has 8 heteroatoms. The second kappa shape index (κ2) is 7.29. The number of benzene rings is 1. The lowest BCUT2D eigenvalue weighted by atomic mass is 9.99. The van der Waals surface area contributed by atoms with E-state index in [1.54, 1.807) is 12.1 Å². The molecule has 1 saturated heterocycles. The number of nitrogens with zero attached hydrogens (tertiary/aromatic N) is 1. The summed E-state index contributed by atoms with van der Waals surface area (Å²) in [6.45, 7) is -0.511. The molecule has 5 atom stereocenters. The number of ether oxygens (including phenoxy) is 2. The van der Waals surface area contributed by atoms with E-state index in [4.69, 9.17) is 13.9 Å². The summed E-state index contributed by atoms with van der Waals surface area (Å²) in [6, 6.07) is 7.06. The highest BCUT2D eigenvalue weighted by Crippen LogP contribution is 2.27. The van der Waals surface area contributed by atoms with Gasteiger partial charge in [-0.15, -0.1) is 0 Å². The first kappa shape index (κ1) is 16.9. The van der Waals surface area contributed by atoms with Gasteiger partial charge in [0, 0.05) is 5.56 Å². The Hall–Kier alpha value is -1.97. The molecule has 1 aliphatic rings. The van der Waals surface area contributed by atoms with Gasteiger partial charge in [-0.2, -0.15) is 0 Å². The van der Waals surface area contributed by atoms with Gasteiger partial charge in [0.1, 0.15) is 36.4 Å². The van der Waals surface area contributed by atoms with E-state index >= 15 is 0 Å². The summed E-state index contributed by atoms with van der Waals surface area (Å²) in [5, 5.41) is 38.9. The molecule has 0 spiro atoms. The van der Waals surface area contributed by atoms with Crippen molar-refractivity contribution in [2.24, 2.45) is 0 Å². The fraction of sp³-hybridized carbons (Fsp3) is 0.438. The van der Waals surface area contributed by atoms with Crippen LogP contribution < -0.4 is 4.74 Å². The number of aliphatic hydroxyl groups excluding tert-OH is 4. The number of aliphatic hydroxyl groups is 4. The van der Waals surface area contributed by atoms with E-state index in [2.05, 4.69) is 4.98 Å². The lowest BCUT2D eigenvalue weighted by molar-refractivity contribution is -0.277. The van der Waals surface area contributed by atoms with Crippen molar-refractivity contribution in [2.75, 3.05) is 6.61 Å². The van der Waals surface area contributed by atoms with Crippen LogP contribution in [0.2, 0.25) is 0 Å². The van der Waals surface area contributed by atoms with Crippen LogP contribution in [-0.2, 0) is 11.2 Å². The highest BCUT2D eigenvalue weighted by molar-refractivity contribution is 5.35. The van der Waals surface area contributed by atoms with Crippen molar-refractivity contribution in [2.45, 2.75) is 37.1 Å². The molecule has 1 fully saturated rings. The maximum absolute atomic E-state index is 10.1. The van der Waals surface area contributed by atoms with Crippen molar-refractivity contribution >= 4 is 0 Å². The Bertz CT molecular complexity index is 646. The van der Waals surface area contributed by atoms with Gasteiger partial charge in [-0.05, 0) is 6.07 Å². The molecule has 24 heavy (non-hydrogen) atoms. The number of hydrogen-bond donors (Lipinski definition) is 4. The monoisotopic (exact) mass is 337 g/mol. The second-order valence-corrected chi connectivity index (χ2v) is 5.53. The third-order valence-electron chi connectivity index (χ3n) is 3.89. The minimum atomic E-state index is -1.49. The van der Waals surface area contributed by atoms with Crippen molar-refractivity contribution < 1.29 is 34.3 Å². The molecule has 0 saturated carbocycles. The van der Waals surface area contributed by atoms with Crippen molar-refractivity contribution in [3.63, 3.8) is 0 Å². The SMILES string of the molecule is OC[C@H]1O[C@@H](Oc2ccccc2Cc2ncco2)[C@H](O)[C@@H](O)[C@@H]1O. The normalized spacial score (nSPS) is 30.2. The van der Waals surface area contributed by atoms with Gasteiger partial charge < -0.3 is 34.3 Å². The van der Waals surface area contributed by atoms with Crippen LogP contribution in [0.3, 0.4) is 0 Å². The van der Waals surface area contributed by atoms with Gasteiger partial charge in [-0.3, -0.25) is 0 Å². The van der Waals surface area contributed by atoms with Gasteiger partial charge >= 0.3 is 0 Å². The summed E-state index contributed by atoms with van der Waals surface area (Å²) < 4.78 is 16.2. The molecule has 1 aromatic carbocycles. The molecule has 1 aromatic heterocycles. The van der Waals surface area contributed by atoms with E-state index in [9.17, 15) is 20.4 Å². The van der Waals surface area contributed by atoms with Crippen molar-refractivity contribution in [1.82, 2.24) is 4.98 Å². The molecule has 1 aliphatic heterocycles. The zero-order valence-corrected chi connectivity index (χ0v) is 12.7. The van der Waals surface area contributed by atoms with Crippen molar-refractivity contribution in [3.05, 3.63) is 48.2 Å². The zero-order valence-electron chi connectivity index (χ0n) is 12.7. The van der Waals surface area contributed by atoms with Crippen LogP contribution in [0, 0.1) is 0 Å². The van der Waals surface area contributed by atoms with E-state index in [1.807, 2.05) is 12.1 Å². The minimum Gasteiger partial charge on any atom is -0.462 e. The standard InChI is InChI=1S/C16H19NO7/c18-8-11-13(19)14(20)15(21)16(24-11)23-10-4-2-1-3-9(10)7-12-17-5-6-22-12/h1-6,11,13-16,18-21H,7-8H2/t11-,13-,14+,15-,16-/m1/s1. The summed E-state index contributed by atoms with van der Waals surface area (Å²) in [4.78, 5) is 4.05. The summed E-state index contributed by atoms with van der Waals surface area (Å²) >= 11 is 0. The Balaban J connectivity index is 1.78. The molecule has 2 heterocycles. The molecule has 4 N–H and O–H groups in total. The zero-order chi connectivity index (χ0) is 17.1. The highest BCUT2D eigenvalue weighted by Gasteiger charge is 2.44. The van der Waals surface area contributed by atoms with Gasteiger partial charge in [0.15, 0.2) is 5.89 Å². The summed E-state index contributed by atoms with van der Waals surface area (Å²) in [6.07, 6.45) is -3.24. The predicted molar refractivity (Wildman–Crippen MR) is 80.1 cm³/mol. The van der Waals surface area contributed by atoms with Crippen LogP contribution in [0.4, 0.5) is 0 Å². The first-order valence-electron chi connectivity index (χ1n) is 7.53. The third-order valence-corrected chi connectivity index (χ3v) is 3.89. The predicted octanol–water partition coefficient (Wildman–Crippen LogP) is -0.556. The lowest BCUT2D eigenvalue weighted by Gasteiger charge is -2.39. The van der Waals surface area contributed by atoms with Crippen LogP contribution in [0.15, 0.2) is 41.1 Å². The average molecular weight is 337 g/mol. The van der Waals surface area contributed by atoms with E-state index in [0.29, 0.717) is 18.1 Å². The van der Waals surface area contributed by atoms with E-state index in [-0.39, 0.29) is 0 Å². The molecule has 0 bridgehead atoms. The molecule has 0 aliphatic carbocycles. The number of aromatic nitrogens is 1. The number of hydrogen-bond acceptors (Lipinski definition) is 8. The van der Waals surface area contributed by atoms with Crippen molar-refractivity contribution in [1.29, 1.82) is 0 Å². The summed E-state index contributed by atoms with van der Waals surface area (Å²) in [7, 11) is 0. The molecular formula is C16H19NO7. The molecule has 2 aromatic rings. The van der Waals surface area contributed by atoms with Crippen LogP contribution >= 0.6 is 0 Å². The summed E-state index contributed by atoms with van der Waals surface area (Å²) in [5.41, 5.74) is 0.747. The number of para-hydroxylation sites is 1. The van der Waals surface area contributed by atoms with Gasteiger partial charge in [-0.25, -0.2) is 4.98 Å². The molecule has 0 unspecified atom stereocenters. The minimum absolute atomic E-state index is 0.376. The molecule has 8 nitrogen and oxygen atoms in total. The van der Waals surface area contributed by atoms with Crippen molar-refractivity contribution in [3.8, 4) is 5.75 Å². The summed E-state index contributed by atoms with van der Waals surface area (Å²) in [5.74, 6) is 0.917. The van der Waals surface area contributed by atoms with Crippen LogP contribution in [0.25, 0.3) is 0 Å². The highest BCUT2D eigenvalue weighted by atomic mass is 16.7. The van der Waals surface area contributed by atoms with Gasteiger partial charge in [0.05, 0.1) is 19.2 Å². The Kier molecular flexibility index (Phi) is 5.12. The Morgan fingerprint density at radius 2 is 1.88 bits per heavy atom. The molecule has 3 rings (SSSR count). The van der Waals surface area contributed by atoms with E-state index < -0.39 is 37.3 Å². The lowest BCUT2D eigenvalue weighted by Crippen LogP contribution is -2.60. The Morgan fingerprint density at radius 3 is 2.58 bits per heavy atom. The van der Waals surface area contributed by atoms with Gasteiger partial charge in [0.25, 0.3) is 0 Å². The average Bonchev–Trinajstić information content (AvgIpc) is 3.10. The maximum Gasteiger partial charge on any atom is 0.229 e. The molecule has 130 valence electrons. The third kappa shape index (κ3) is 3.42. The Labute approximate surface area is 137 Å². The van der Waals surface area contributed by atoms with Gasteiger partial charge in [-0.1, -0.05) is 18.2 Å². The van der Waals surface area contributed by atoms with Crippen LogP contribution in [0.1, 0.15) is 11.5 Å². The second-order valence-electron chi connectivity index (χ2n) is 5.53. The largest absolute Gasteiger partial charge is 0.462 e. The Morgan fingerprint density at radius 1 is 1.08 bits per heavy atom. The molecule has 0 radical (unpaired) electrons. The first-order chi connectivity index (χ1) is 11.6. The first-order valence-corrected chi connectivity index (χ1v) is 7.53. The maximum atomic E-state index is 10.1. The fourth-order valence-electron chi connectivity index (χ4n) is 2.56. The number of rotatable bonds is 5.